The summed E-state index contributed by atoms with van der Waals surface area (Å²) in [4.78, 5) is 0. The standard InChI is InChI=1S/C22H33OP/c1-16-8-7-11-21(3,4)19(16)9-12-24-13-10-20-17(2)14-18(23)15-22(20,5)6/h7-10,12-13,18,23-24H,11,14-15H2,1-6H3/b12-9+,13-10+/t18-/m1/s1. The third kappa shape index (κ3) is 4.58. The maximum absolute atomic E-state index is 9.98. The van der Waals surface area contributed by atoms with Crippen LogP contribution in [0, 0.1) is 10.8 Å². The quantitative estimate of drug-likeness (QED) is 0.578. The fourth-order valence-electron chi connectivity index (χ4n) is 4.12. The van der Waals surface area contributed by atoms with Gasteiger partial charge in [-0.05, 0) is 60.7 Å². The highest BCUT2D eigenvalue weighted by molar-refractivity contribution is 7.45. The van der Waals surface area contributed by atoms with Gasteiger partial charge in [0.15, 0.2) is 0 Å². The highest BCUT2D eigenvalue weighted by Crippen LogP contribution is 2.42. The monoisotopic (exact) mass is 344 g/mol. The van der Waals surface area contributed by atoms with Gasteiger partial charge in [0.05, 0.1) is 6.10 Å². The Morgan fingerprint density at radius 3 is 2.25 bits per heavy atom. The normalized spacial score (nSPS) is 27.4. The Balaban J connectivity index is 2.05. The SMILES string of the molecule is CC1=C(/C=C/P/C=C/C2=C(C)C[C@@H](O)CC2(C)C)C(C)(C)CC=C1. The molecule has 0 saturated heterocycles. The molecule has 2 atom stereocenters. The third-order valence-corrected chi connectivity index (χ3v) is 6.04. The van der Waals surface area contributed by atoms with Crippen molar-refractivity contribution in [1.29, 1.82) is 0 Å². The molecule has 0 fully saturated rings. The van der Waals surface area contributed by atoms with Gasteiger partial charge in [-0.1, -0.05) is 77.8 Å². The summed E-state index contributed by atoms with van der Waals surface area (Å²) in [5.74, 6) is 4.59. The van der Waals surface area contributed by atoms with Crippen LogP contribution in [0.3, 0.4) is 0 Å². The van der Waals surface area contributed by atoms with Crippen molar-refractivity contribution in [2.24, 2.45) is 10.8 Å². The molecule has 2 heteroatoms. The fourth-order valence-corrected chi connectivity index (χ4v) is 4.76. The zero-order valence-corrected chi connectivity index (χ0v) is 17.1. The van der Waals surface area contributed by atoms with Crippen molar-refractivity contribution >= 4 is 8.58 Å². The Hall–Kier alpha value is -0.910. The van der Waals surface area contributed by atoms with Gasteiger partial charge in [-0.15, -0.1) is 0 Å². The second-order valence-electron chi connectivity index (χ2n) is 8.56. The van der Waals surface area contributed by atoms with Gasteiger partial charge in [-0.25, -0.2) is 0 Å². The average molecular weight is 344 g/mol. The minimum atomic E-state index is -0.184. The zero-order chi connectivity index (χ0) is 18.0. The van der Waals surface area contributed by atoms with Crippen molar-refractivity contribution in [3.8, 4) is 0 Å². The lowest BCUT2D eigenvalue weighted by molar-refractivity contribution is 0.116. The van der Waals surface area contributed by atoms with Crippen LogP contribution >= 0.6 is 8.58 Å². The van der Waals surface area contributed by atoms with Crippen LogP contribution in [0.4, 0.5) is 0 Å². The van der Waals surface area contributed by atoms with Crippen LogP contribution in [0.5, 0.6) is 0 Å². The molecule has 0 aliphatic heterocycles. The molecule has 0 heterocycles. The smallest absolute Gasteiger partial charge is 0.0585 e. The molecule has 0 radical (unpaired) electrons. The van der Waals surface area contributed by atoms with E-state index in [1.165, 1.54) is 22.3 Å². The average Bonchev–Trinajstić information content (AvgIpc) is 2.42. The van der Waals surface area contributed by atoms with E-state index in [0.29, 0.717) is 8.58 Å². The van der Waals surface area contributed by atoms with E-state index >= 15 is 0 Å². The molecule has 1 unspecified atom stereocenters. The van der Waals surface area contributed by atoms with Crippen molar-refractivity contribution in [2.75, 3.05) is 0 Å². The Kier molecular flexibility index (Phi) is 6.10. The van der Waals surface area contributed by atoms with Crippen LogP contribution in [0.25, 0.3) is 0 Å². The van der Waals surface area contributed by atoms with Crippen molar-refractivity contribution < 1.29 is 5.11 Å². The predicted octanol–water partition coefficient (Wildman–Crippen LogP) is 6.49. The lowest BCUT2D eigenvalue weighted by Crippen LogP contribution is -2.28. The minimum Gasteiger partial charge on any atom is -0.393 e. The van der Waals surface area contributed by atoms with Crippen LogP contribution in [0.15, 0.2) is 58.2 Å². The molecule has 2 aliphatic rings. The lowest BCUT2D eigenvalue weighted by atomic mass is 9.72. The predicted molar refractivity (Wildman–Crippen MR) is 109 cm³/mol. The third-order valence-electron chi connectivity index (χ3n) is 5.32. The van der Waals surface area contributed by atoms with Crippen LogP contribution in [-0.2, 0) is 0 Å². The van der Waals surface area contributed by atoms with E-state index in [2.05, 4.69) is 77.5 Å². The van der Waals surface area contributed by atoms with Crippen molar-refractivity contribution in [3.63, 3.8) is 0 Å². The van der Waals surface area contributed by atoms with Gasteiger partial charge < -0.3 is 5.11 Å². The number of rotatable bonds is 4. The second kappa shape index (κ2) is 7.54. The first kappa shape index (κ1) is 19.4. The van der Waals surface area contributed by atoms with E-state index in [-0.39, 0.29) is 16.9 Å². The van der Waals surface area contributed by atoms with E-state index in [4.69, 9.17) is 0 Å². The molecule has 1 N–H and O–H groups in total. The first-order chi connectivity index (χ1) is 11.1. The zero-order valence-electron chi connectivity index (χ0n) is 16.1. The molecule has 132 valence electrons. The van der Waals surface area contributed by atoms with Gasteiger partial charge in [0.2, 0.25) is 0 Å². The largest absolute Gasteiger partial charge is 0.393 e. The maximum Gasteiger partial charge on any atom is 0.0585 e. The Labute approximate surface area is 150 Å². The van der Waals surface area contributed by atoms with Gasteiger partial charge in [-0.2, -0.15) is 0 Å². The molecule has 24 heavy (non-hydrogen) atoms. The van der Waals surface area contributed by atoms with Gasteiger partial charge in [-0.3, -0.25) is 0 Å². The van der Waals surface area contributed by atoms with Crippen LogP contribution in [0.2, 0.25) is 0 Å². The molecule has 0 aromatic carbocycles. The Morgan fingerprint density at radius 2 is 1.67 bits per heavy atom. The van der Waals surface area contributed by atoms with Gasteiger partial charge >= 0.3 is 0 Å². The fraction of sp³-hybridized carbons (Fsp3) is 0.545. The number of hydrogen-bond donors (Lipinski definition) is 1. The summed E-state index contributed by atoms with van der Waals surface area (Å²) in [5.41, 5.74) is 5.90. The number of hydrogen-bond acceptors (Lipinski definition) is 1. The number of aliphatic hydroxyl groups excluding tert-OH is 1. The lowest BCUT2D eigenvalue weighted by Gasteiger charge is -2.35. The molecular weight excluding hydrogens is 311 g/mol. The Bertz CT molecular complexity index is 626. The van der Waals surface area contributed by atoms with Crippen LogP contribution in [-0.4, -0.2) is 11.2 Å². The highest BCUT2D eigenvalue weighted by atomic mass is 31.1. The van der Waals surface area contributed by atoms with Gasteiger partial charge in [0.1, 0.15) is 0 Å². The summed E-state index contributed by atoms with van der Waals surface area (Å²) in [7, 11) is 0.690. The summed E-state index contributed by atoms with van der Waals surface area (Å²) in [6.07, 6.45) is 11.7. The maximum atomic E-state index is 9.98. The summed E-state index contributed by atoms with van der Waals surface area (Å²) >= 11 is 0. The van der Waals surface area contributed by atoms with E-state index in [0.717, 1.165) is 19.3 Å². The summed E-state index contributed by atoms with van der Waals surface area (Å²) in [5, 5.41) is 9.98. The molecule has 0 amide bonds. The summed E-state index contributed by atoms with van der Waals surface area (Å²) in [6, 6.07) is 0. The van der Waals surface area contributed by atoms with Crippen molar-refractivity contribution in [3.05, 3.63) is 58.2 Å². The van der Waals surface area contributed by atoms with E-state index in [1.807, 2.05) is 0 Å². The van der Waals surface area contributed by atoms with Crippen molar-refractivity contribution in [1.82, 2.24) is 0 Å². The van der Waals surface area contributed by atoms with Gasteiger partial charge in [0, 0.05) is 0 Å². The first-order valence-corrected chi connectivity index (χ1v) is 10.1. The number of aliphatic hydroxyl groups is 1. The van der Waals surface area contributed by atoms with Gasteiger partial charge in [0.25, 0.3) is 0 Å². The minimum absolute atomic E-state index is 0.0711. The van der Waals surface area contributed by atoms with E-state index < -0.39 is 0 Å². The Morgan fingerprint density at radius 1 is 1.04 bits per heavy atom. The second-order valence-corrected chi connectivity index (χ2v) is 9.56. The topological polar surface area (TPSA) is 20.2 Å². The molecular formula is C22H33OP. The molecule has 2 rings (SSSR count). The van der Waals surface area contributed by atoms with E-state index in [9.17, 15) is 5.11 Å². The highest BCUT2D eigenvalue weighted by Gasteiger charge is 2.31. The van der Waals surface area contributed by atoms with Crippen LogP contribution < -0.4 is 0 Å². The molecule has 2 aliphatic carbocycles. The van der Waals surface area contributed by atoms with E-state index in [1.54, 1.807) is 0 Å². The molecule has 0 saturated carbocycles. The van der Waals surface area contributed by atoms with Crippen molar-refractivity contribution in [2.45, 2.75) is 66.9 Å². The number of allylic oxidation sites excluding steroid dienone is 7. The first-order valence-electron chi connectivity index (χ1n) is 8.99. The van der Waals surface area contributed by atoms with Crippen LogP contribution in [0.1, 0.15) is 60.8 Å². The summed E-state index contributed by atoms with van der Waals surface area (Å²) < 4.78 is 0. The molecule has 0 aromatic rings. The molecule has 0 aromatic heterocycles. The summed E-state index contributed by atoms with van der Waals surface area (Å²) in [6.45, 7) is 13.5. The molecule has 0 spiro atoms. The molecule has 0 bridgehead atoms. The molecule has 1 nitrogen and oxygen atoms in total.